The van der Waals surface area contributed by atoms with Crippen LogP contribution in [0.25, 0.3) is 0 Å². The van der Waals surface area contributed by atoms with Crippen LogP contribution in [0, 0.1) is 0 Å². The standard InChI is InChI=1S/C10H10F3N5S/c11-10(12,13)7-1-2-8(15-5-7)14-3-4-19-9-6-16-18-17-9/h1-2,5-6H,3-4H2,(H,14,15)(H,16,17,18). The number of alkyl halides is 3. The van der Waals surface area contributed by atoms with Crippen LogP contribution in [0.4, 0.5) is 19.0 Å². The Hall–Kier alpha value is -1.77. The molecule has 0 radical (unpaired) electrons. The van der Waals surface area contributed by atoms with E-state index in [4.69, 9.17) is 0 Å². The third-order valence-electron chi connectivity index (χ3n) is 2.14. The Morgan fingerprint density at radius 3 is 2.68 bits per heavy atom. The zero-order chi connectivity index (χ0) is 13.7. The van der Waals surface area contributed by atoms with Crippen LogP contribution >= 0.6 is 11.8 Å². The molecule has 19 heavy (non-hydrogen) atoms. The minimum absolute atomic E-state index is 0.411. The highest BCUT2D eigenvalue weighted by Gasteiger charge is 2.30. The third kappa shape index (κ3) is 4.12. The van der Waals surface area contributed by atoms with E-state index in [1.165, 1.54) is 17.8 Å². The van der Waals surface area contributed by atoms with Crippen LogP contribution in [0.15, 0.2) is 29.6 Å². The SMILES string of the molecule is FC(F)(F)c1ccc(NCCSc2cn[nH]n2)nc1. The maximum atomic E-state index is 12.3. The minimum Gasteiger partial charge on any atom is -0.369 e. The van der Waals surface area contributed by atoms with Crippen molar-refractivity contribution < 1.29 is 13.2 Å². The van der Waals surface area contributed by atoms with Gasteiger partial charge in [0.1, 0.15) is 10.8 Å². The lowest BCUT2D eigenvalue weighted by atomic mass is 10.3. The van der Waals surface area contributed by atoms with Gasteiger partial charge in [-0.3, -0.25) is 0 Å². The summed E-state index contributed by atoms with van der Waals surface area (Å²) in [5.41, 5.74) is -0.755. The van der Waals surface area contributed by atoms with Crippen molar-refractivity contribution in [3.8, 4) is 0 Å². The molecule has 2 aromatic heterocycles. The second-order valence-corrected chi connectivity index (χ2v) is 4.63. The molecule has 2 rings (SSSR count). The van der Waals surface area contributed by atoms with Crippen molar-refractivity contribution in [3.05, 3.63) is 30.1 Å². The number of H-pyrrole nitrogens is 1. The Kier molecular flexibility index (Phi) is 4.25. The molecule has 9 heteroatoms. The largest absolute Gasteiger partial charge is 0.417 e. The summed E-state index contributed by atoms with van der Waals surface area (Å²) < 4.78 is 36.9. The Labute approximate surface area is 111 Å². The molecule has 0 aliphatic carbocycles. The van der Waals surface area contributed by atoms with Gasteiger partial charge >= 0.3 is 6.18 Å². The third-order valence-corrected chi connectivity index (χ3v) is 3.04. The second-order valence-electron chi connectivity index (χ2n) is 3.51. The number of aromatic amines is 1. The maximum absolute atomic E-state index is 12.3. The van der Waals surface area contributed by atoms with Crippen molar-refractivity contribution in [3.63, 3.8) is 0 Å². The molecule has 0 bridgehead atoms. The Morgan fingerprint density at radius 1 is 1.26 bits per heavy atom. The summed E-state index contributed by atoms with van der Waals surface area (Å²) in [7, 11) is 0. The fourth-order valence-electron chi connectivity index (χ4n) is 1.26. The zero-order valence-corrected chi connectivity index (χ0v) is 10.4. The van der Waals surface area contributed by atoms with Crippen LogP contribution in [0.2, 0.25) is 0 Å². The summed E-state index contributed by atoms with van der Waals surface area (Å²) >= 11 is 1.48. The number of thioether (sulfide) groups is 1. The summed E-state index contributed by atoms with van der Waals surface area (Å²) in [6, 6.07) is 2.31. The van der Waals surface area contributed by atoms with E-state index < -0.39 is 11.7 Å². The number of hydrogen-bond donors (Lipinski definition) is 2. The van der Waals surface area contributed by atoms with Gasteiger partial charge in [0.2, 0.25) is 0 Å². The van der Waals surface area contributed by atoms with Crippen LogP contribution in [0.1, 0.15) is 5.56 Å². The highest BCUT2D eigenvalue weighted by atomic mass is 32.2. The predicted octanol–water partition coefficient (Wildman–Crippen LogP) is 2.42. The van der Waals surface area contributed by atoms with E-state index in [-0.39, 0.29) is 0 Å². The molecule has 5 nitrogen and oxygen atoms in total. The van der Waals surface area contributed by atoms with Crippen LogP contribution in [-0.4, -0.2) is 32.7 Å². The molecule has 0 aliphatic rings. The molecule has 0 atom stereocenters. The van der Waals surface area contributed by atoms with Crippen LogP contribution in [0.3, 0.4) is 0 Å². The van der Waals surface area contributed by atoms with Crippen molar-refractivity contribution in [2.75, 3.05) is 17.6 Å². The van der Waals surface area contributed by atoms with Gasteiger partial charge in [0.15, 0.2) is 0 Å². The van der Waals surface area contributed by atoms with Crippen molar-refractivity contribution in [2.45, 2.75) is 11.2 Å². The molecule has 102 valence electrons. The fraction of sp³-hybridized carbons (Fsp3) is 0.300. The summed E-state index contributed by atoms with van der Waals surface area (Å²) in [4.78, 5) is 3.71. The second kappa shape index (κ2) is 5.91. The number of halogens is 3. The highest BCUT2D eigenvalue weighted by molar-refractivity contribution is 7.99. The summed E-state index contributed by atoms with van der Waals surface area (Å²) in [6.45, 7) is 0.565. The first-order valence-corrected chi connectivity index (χ1v) is 6.30. The number of rotatable bonds is 5. The number of nitrogens with zero attached hydrogens (tertiary/aromatic N) is 3. The van der Waals surface area contributed by atoms with E-state index in [0.717, 1.165) is 17.3 Å². The van der Waals surface area contributed by atoms with Crippen molar-refractivity contribution in [2.24, 2.45) is 0 Å². The summed E-state index contributed by atoms with van der Waals surface area (Å²) in [5.74, 6) is 1.11. The van der Waals surface area contributed by atoms with E-state index >= 15 is 0 Å². The molecule has 0 fully saturated rings. The van der Waals surface area contributed by atoms with Gasteiger partial charge in [-0.25, -0.2) is 4.98 Å². The van der Waals surface area contributed by atoms with E-state index in [9.17, 15) is 13.2 Å². The van der Waals surface area contributed by atoms with Crippen LogP contribution < -0.4 is 5.32 Å². The Bertz CT molecular complexity index is 497. The number of aromatic nitrogens is 4. The molecule has 0 saturated carbocycles. The molecule has 2 aromatic rings. The molecule has 0 aromatic carbocycles. The molecule has 2 N–H and O–H groups in total. The maximum Gasteiger partial charge on any atom is 0.417 e. The highest BCUT2D eigenvalue weighted by Crippen LogP contribution is 2.28. The van der Waals surface area contributed by atoms with Crippen LogP contribution in [-0.2, 0) is 6.18 Å². The molecular weight excluding hydrogens is 279 g/mol. The summed E-state index contributed by atoms with van der Waals surface area (Å²) in [5, 5.41) is 13.7. The quantitative estimate of drug-likeness (QED) is 0.653. The van der Waals surface area contributed by atoms with E-state index in [2.05, 4.69) is 25.7 Å². The smallest absolute Gasteiger partial charge is 0.369 e. The van der Waals surface area contributed by atoms with Gasteiger partial charge in [-0.05, 0) is 12.1 Å². The average molecular weight is 289 g/mol. The Morgan fingerprint density at radius 2 is 2.11 bits per heavy atom. The molecular formula is C10H10F3N5S. The van der Waals surface area contributed by atoms with Crippen LogP contribution in [0.5, 0.6) is 0 Å². The van der Waals surface area contributed by atoms with E-state index in [1.54, 1.807) is 6.20 Å². The van der Waals surface area contributed by atoms with E-state index in [1.807, 2.05) is 0 Å². The minimum atomic E-state index is -4.35. The Balaban J connectivity index is 1.77. The topological polar surface area (TPSA) is 66.5 Å². The number of pyridine rings is 1. The average Bonchev–Trinajstić information content (AvgIpc) is 2.87. The molecule has 2 heterocycles. The molecule has 0 aliphatic heterocycles. The fourth-order valence-corrected chi connectivity index (χ4v) is 1.91. The van der Waals surface area contributed by atoms with Gasteiger partial charge in [0.25, 0.3) is 0 Å². The normalized spacial score (nSPS) is 11.5. The van der Waals surface area contributed by atoms with Crippen molar-refractivity contribution >= 4 is 17.6 Å². The van der Waals surface area contributed by atoms with E-state index in [0.29, 0.717) is 18.1 Å². The van der Waals surface area contributed by atoms with Gasteiger partial charge in [-0.2, -0.15) is 23.5 Å². The lowest BCUT2D eigenvalue weighted by Gasteiger charge is -2.08. The van der Waals surface area contributed by atoms with Gasteiger partial charge in [0, 0.05) is 18.5 Å². The first-order valence-electron chi connectivity index (χ1n) is 5.31. The molecule has 0 saturated heterocycles. The van der Waals surface area contributed by atoms with Crippen molar-refractivity contribution in [1.82, 2.24) is 20.4 Å². The van der Waals surface area contributed by atoms with Gasteiger partial charge in [0.05, 0.1) is 11.8 Å². The number of anilines is 1. The molecule has 0 unspecified atom stereocenters. The predicted molar refractivity (Wildman–Crippen MR) is 64.8 cm³/mol. The summed E-state index contributed by atoms with van der Waals surface area (Å²) in [6.07, 6.45) is -1.94. The number of nitrogens with one attached hydrogen (secondary N) is 2. The number of hydrogen-bond acceptors (Lipinski definition) is 5. The van der Waals surface area contributed by atoms with Gasteiger partial charge in [-0.1, -0.05) is 0 Å². The lowest BCUT2D eigenvalue weighted by Crippen LogP contribution is -2.08. The first-order chi connectivity index (χ1) is 9.05. The lowest BCUT2D eigenvalue weighted by molar-refractivity contribution is -0.137. The van der Waals surface area contributed by atoms with Crippen molar-refractivity contribution in [1.29, 1.82) is 0 Å². The molecule has 0 amide bonds. The first kappa shape index (κ1) is 13.7. The molecule has 0 spiro atoms. The van der Waals surface area contributed by atoms with Gasteiger partial charge in [-0.15, -0.1) is 16.9 Å². The monoisotopic (exact) mass is 289 g/mol. The zero-order valence-electron chi connectivity index (χ0n) is 9.61. The van der Waals surface area contributed by atoms with Gasteiger partial charge < -0.3 is 5.32 Å².